The Labute approximate surface area is 102 Å². The Morgan fingerprint density at radius 2 is 2.38 bits per heavy atom. The highest BCUT2D eigenvalue weighted by molar-refractivity contribution is 7.99. The fourth-order valence-electron chi connectivity index (χ4n) is 1.79. The van der Waals surface area contributed by atoms with E-state index in [0.29, 0.717) is 13.0 Å². The summed E-state index contributed by atoms with van der Waals surface area (Å²) in [5, 5.41) is 12.1. The number of carbonyl (C=O) groups excluding carboxylic acids is 1. The van der Waals surface area contributed by atoms with Gasteiger partial charge in [0.05, 0.1) is 6.04 Å². The van der Waals surface area contributed by atoms with Crippen molar-refractivity contribution in [1.82, 2.24) is 10.2 Å². The minimum absolute atomic E-state index is 0.0418. The summed E-state index contributed by atoms with van der Waals surface area (Å²) in [6.07, 6.45) is 0.657. The van der Waals surface area contributed by atoms with Gasteiger partial charge in [0.1, 0.15) is 0 Å². The molecule has 0 aromatic carbocycles. The molecule has 0 bridgehead atoms. The second kappa shape index (κ2) is 7.14. The van der Waals surface area contributed by atoms with Gasteiger partial charge in [-0.15, -0.1) is 0 Å². The maximum Gasteiger partial charge on any atom is 0.240 e. The van der Waals surface area contributed by atoms with E-state index in [9.17, 15) is 4.79 Å². The van der Waals surface area contributed by atoms with Gasteiger partial charge < -0.3 is 15.3 Å². The van der Waals surface area contributed by atoms with Gasteiger partial charge >= 0.3 is 0 Å². The summed E-state index contributed by atoms with van der Waals surface area (Å²) in [5.41, 5.74) is 0. The van der Waals surface area contributed by atoms with Crippen molar-refractivity contribution in [1.29, 1.82) is 0 Å². The number of nitrogens with one attached hydrogen (secondary N) is 1. The van der Waals surface area contributed by atoms with E-state index in [2.05, 4.69) is 5.32 Å². The zero-order valence-electron chi connectivity index (χ0n) is 10.1. The summed E-state index contributed by atoms with van der Waals surface area (Å²) in [7, 11) is 0. The predicted octanol–water partition coefficient (Wildman–Crippen LogP) is 0.311. The first-order chi connectivity index (χ1) is 7.66. The van der Waals surface area contributed by atoms with Gasteiger partial charge in [0.25, 0.3) is 0 Å². The van der Waals surface area contributed by atoms with Crippen LogP contribution in [-0.2, 0) is 4.79 Å². The highest BCUT2D eigenvalue weighted by atomic mass is 32.2. The average molecular weight is 246 g/mol. The van der Waals surface area contributed by atoms with Crippen LogP contribution in [-0.4, -0.2) is 59.2 Å². The second-order valence-electron chi connectivity index (χ2n) is 4.28. The van der Waals surface area contributed by atoms with E-state index in [1.54, 1.807) is 0 Å². The molecule has 1 unspecified atom stereocenters. The Balaban J connectivity index is 2.51. The van der Waals surface area contributed by atoms with Gasteiger partial charge in [0.2, 0.25) is 5.91 Å². The number of thioether (sulfide) groups is 1. The topological polar surface area (TPSA) is 52.6 Å². The molecule has 0 aromatic rings. The van der Waals surface area contributed by atoms with E-state index in [1.165, 1.54) is 0 Å². The number of nitrogens with zero attached hydrogens (tertiary/aromatic N) is 1. The van der Waals surface area contributed by atoms with Crippen LogP contribution in [0.5, 0.6) is 0 Å². The standard InChI is InChI=1S/C11H22N2O2S/c1-9(2)13(5-3-6-14)11(15)10-8-16-7-4-12-10/h9-10,12,14H,3-8H2,1-2H3. The molecule has 0 aliphatic carbocycles. The molecule has 0 saturated carbocycles. The number of hydrogen-bond acceptors (Lipinski definition) is 4. The molecule has 0 spiro atoms. The van der Waals surface area contributed by atoms with Crippen molar-refractivity contribution in [2.24, 2.45) is 0 Å². The van der Waals surface area contributed by atoms with Crippen LogP contribution in [0.25, 0.3) is 0 Å². The van der Waals surface area contributed by atoms with Gasteiger partial charge in [-0.1, -0.05) is 0 Å². The van der Waals surface area contributed by atoms with Crippen molar-refractivity contribution in [2.45, 2.75) is 32.4 Å². The molecule has 94 valence electrons. The SMILES string of the molecule is CC(C)N(CCCO)C(=O)C1CSCCN1. The molecule has 1 heterocycles. The Morgan fingerprint density at radius 1 is 1.62 bits per heavy atom. The third-order valence-electron chi connectivity index (χ3n) is 2.68. The third-order valence-corrected chi connectivity index (χ3v) is 3.75. The molecule has 1 atom stereocenters. The maximum absolute atomic E-state index is 12.2. The van der Waals surface area contributed by atoms with Crippen molar-refractivity contribution in [2.75, 3.05) is 31.2 Å². The number of rotatable bonds is 5. The van der Waals surface area contributed by atoms with Crippen LogP contribution in [0.1, 0.15) is 20.3 Å². The minimum Gasteiger partial charge on any atom is -0.396 e. The number of aliphatic hydroxyl groups excluding tert-OH is 1. The average Bonchev–Trinajstić information content (AvgIpc) is 2.30. The van der Waals surface area contributed by atoms with Crippen molar-refractivity contribution >= 4 is 17.7 Å². The molecule has 4 nitrogen and oxygen atoms in total. The molecule has 1 amide bonds. The molecule has 2 N–H and O–H groups in total. The number of hydrogen-bond donors (Lipinski definition) is 2. The Morgan fingerprint density at radius 3 is 2.88 bits per heavy atom. The van der Waals surface area contributed by atoms with Gasteiger partial charge in [0, 0.05) is 37.2 Å². The third kappa shape index (κ3) is 3.96. The molecule has 1 rings (SSSR count). The Kier molecular flexibility index (Phi) is 6.16. The first kappa shape index (κ1) is 13.8. The first-order valence-electron chi connectivity index (χ1n) is 5.89. The van der Waals surface area contributed by atoms with Gasteiger partial charge in [-0.3, -0.25) is 4.79 Å². The molecule has 1 saturated heterocycles. The number of aliphatic hydroxyl groups is 1. The summed E-state index contributed by atoms with van der Waals surface area (Å²) in [6, 6.07) is 0.160. The zero-order chi connectivity index (χ0) is 12.0. The molecular weight excluding hydrogens is 224 g/mol. The van der Waals surface area contributed by atoms with E-state index in [4.69, 9.17) is 5.11 Å². The van der Waals surface area contributed by atoms with E-state index < -0.39 is 0 Å². The lowest BCUT2D eigenvalue weighted by Crippen LogP contribution is -2.52. The van der Waals surface area contributed by atoms with Gasteiger partial charge in [0.15, 0.2) is 0 Å². The van der Waals surface area contributed by atoms with Crippen LogP contribution in [0.3, 0.4) is 0 Å². The fourth-order valence-corrected chi connectivity index (χ4v) is 2.71. The molecule has 0 aromatic heterocycles. The zero-order valence-corrected chi connectivity index (χ0v) is 10.9. The van der Waals surface area contributed by atoms with Gasteiger partial charge in [-0.05, 0) is 20.3 Å². The molecule has 0 radical (unpaired) electrons. The summed E-state index contributed by atoms with van der Waals surface area (Å²) in [4.78, 5) is 14.1. The summed E-state index contributed by atoms with van der Waals surface area (Å²) < 4.78 is 0. The number of amides is 1. The van der Waals surface area contributed by atoms with Crippen LogP contribution in [0.15, 0.2) is 0 Å². The lowest BCUT2D eigenvalue weighted by Gasteiger charge is -2.32. The van der Waals surface area contributed by atoms with Crippen LogP contribution in [0, 0.1) is 0 Å². The van der Waals surface area contributed by atoms with Crippen molar-refractivity contribution in [3.63, 3.8) is 0 Å². The normalized spacial score (nSPS) is 21.1. The van der Waals surface area contributed by atoms with Gasteiger partial charge in [-0.2, -0.15) is 11.8 Å². The maximum atomic E-state index is 12.2. The molecular formula is C11H22N2O2S. The highest BCUT2D eigenvalue weighted by Crippen LogP contribution is 2.12. The van der Waals surface area contributed by atoms with Gasteiger partial charge in [-0.25, -0.2) is 0 Å². The van der Waals surface area contributed by atoms with Crippen LogP contribution < -0.4 is 5.32 Å². The van der Waals surface area contributed by atoms with Crippen LogP contribution in [0.2, 0.25) is 0 Å². The molecule has 1 aliphatic heterocycles. The lowest BCUT2D eigenvalue weighted by molar-refractivity contribution is -0.134. The Hall–Kier alpha value is -0.260. The number of carbonyl (C=O) groups is 1. The van der Waals surface area contributed by atoms with E-state index >= 15 is 0 Å². The van der Waals surface area contributed by atoms with E-state index in [0.717, 1.165) is 18.1 Å². The minimum atomic E-state index is -0.0418. The molecule has 16 heavy (non-hydrogen) atoms. The summed E-state index contributed by atoms with van der Waals surface area (Å²) in [5.74, 6) is 2.12. The van der Waals surface area contributed by atoms with Crippen molar-refractivity contribution in [3.05, 3.63) is 0 Å². The Bertz CT molecular complexity index is 218. The fraction of sp³-hybridized carbons (Fsp3) is 0.909. The van der Waals surface area contributed by atoms with Crippen LogP contribution in [0.4, 0.5) is 0 Å². The van der Waals surface area contributed by atoms with Crippen LogP contribution >= 0.6 is 11.8 Å². The van der Waals surface area contributed by atoms with Crippen molar-refractivity contribution in [3.8, 4) is 0 Å². The quantitative estimate of drug-likeness (QED) is 0.733. The molecule has 1 fully saturated rings. The summed E-state index contributed by atoms with van der Waals surface area (Å²) >= 11 is 1.82. The molecule has 1 aliphatic rings. The lowest BCUT2D eigenvalue weighted by atomic mass is 10.2. The summed E-state index contributed by atoms with van der Waals surface area (Å²) in [6.45, 7) is 5.74. The van der Waals surface area contributed by atoms with E-state index in [1.807, 2.05) is 30.5 Å². The second-order valence-corrected chi connectivity index (χ2v) is 5.43. The first-order valence-corrected chi connectivity index (χ1v) is 7.04. The predicted molar refractivity (Wildman–Crippen MR) is 67.7 cm³/mol. The largest absolute Gasteiger partial charge is 0.396 e. The highest BCUT2D eigenvalue weighted by Gasteiger charge is 2.26. The smallest absolute Gasteiger partial charge is 0.240 e. The van der Waals surface area contributed by atoms with Crippen molar-refractivity contribution < 1.29 is 9.90 Å². The molecule has 5 heteroatoms. The monoisotopic (exact) mass is 246 g/mol. The van der Waals surface area contributed by atoms with E-state index in [-0.39, 0.29) is 24.6 Å².